The van der Waals surface area contributed by atoms with Gasteiger partial charge in [0.15, 0.2) is 0 Å². The van der Waals surface area contributed by atoms with Crippen molar-refractivity contribution in [2.45, 2.75) is 4.90 Å². The summed E-state index contributed by atoms with van der Waals surface area (Å²) in [5.74, 6) is 0. The Kier molecular flexibility index (Phi) is 4.82. The maximum atomic E-state index is 10.3. The SMILES string of the molecule is O=S(=O)([O-])c1cc[nH]c1Cl.[K+]. The van der Waals surface area contributed by atoms with Crippen LogP contribution in [0.5, 0.6) is 0 Å². The molecule has 0 unspecified atom stereocenters. The number of hydrogen-bond donors (Lipinski definition) is 1. The van der Waals surface area contributed by atoms with Crippen molar-refractivity contribution in [3.8, 4) is 0 Å². The molecule has 0 amide bonds. The van der Waals surface area contributed by atoms with Crippen molar-refractivity contribution < 1.29 is 64.4 Å². The summed E-state index contributed by atoms with van der Waals surface area (Å²) in [5.41, 5.74) is 0. The summed E-state index contributed by atoms with van der Waals surface area (Å²) in [6.45, 7) is 0. The molecule has 0 fully saturated rings. The molecule has 1 aromatic heterocycles. The first-order valence-electron chi connectivity index (χ1n) is 2.30. The van der Waals surface area contributed by atoms with Crippen LogP contribution in [0.3, 0.4) is 0 Å². The zero-order chi connectivity index (χ0) is 7.78. The average Bonchev–Trinajstić information content (AvgIpc) is 2.11. The number of aromatic nitrogens is 1. The Morgan fingerprint density at radius 3 is 2.27 bits per heavy atom. The van der Waals surface area contributed by atoms with Crippen molar-refractivity contribution in [2.24, 2.45) is 0 Å². The fourth-order valence-electron chi connectivity index (χ4n) is 0.528. The smallest absolute Gasteiger partial charge is 0.744 e. The van der Waals surface area contributed by atoms with E-state index < -0.39 is 15.0 Å². The second-order valence-electron chi connectivity index (χ2n) is 1.61. The van der Waals surface area contributed by atoms with Crippen LogP contribution in [0.25, 0.3) is 0 Å². The van der Waals surface area contributed by atoms with Crippen LogP contribution in [0.1, 0.15) is 0 Å². The van der Waals surface area contributed by atoms with Crippen molar-refractivity contribution in [3.05, 3.63) is 17.4 Å². The topological polar surface area (TPSA) is 73.0 Å². The molecule has 1 heterocycles. The van der Waals surface area contributed by atoms with E-state index in [1.807, 2.05) is 0 Å². The summed E-state index contributed by atoms with van der Waals surface area (Å²) >= 11 is 5.29. The summed E-state index contributed by atoms with van der Waals surface area (Å²) < 4.78 is 30.8. The Hall–Kier alpha value is 1.12. The van der Waals surface area contributed by atoms with Crippen molar-refractivity contribution in [3.63, 3.8) is 0 Å². The van der Waals surface area contributed by atoms with Crippen molar-refractivity contribution in [1.29, 1.82) is 0 Å². The quantitative estimate of drug-likeness (QED) is 0.422. The Morgan fingerprint density at radius 2 is 2.09 bits per heavy atom. The Labute approximate surface area is 111 Å². The van der Waals surface area contributed by atoms with Gasteiger partial charge >= 0.3 is 51.4 Å². The molecular formula is C4H3ClKNO3S. The normalized spacial score (nSPS) is 10.7. The maximum Gasteiger partial charge on any atom is 1.00 e. The number of rotatable bonds is 1. The molecule has 0 aliphatic rings. The van der Waals surface area contributed by atoms with Gasteiger partial charge < -0.3 is 9.54 Å². The molecule has 0 aliphatic heterocycles. The molecule has 0 aliphatic carbocycles. The number of halogens is 1. The molecule has 0 saturated carbocycles. The molecule has 1 N–H and O–H groups in total. The molecule has 0 aromatic carbocycles. The zero-order valence-electron chi connectivity index (χ0n) is 5.67. The van der Waals surface area contributed by atoms with Gasteiger partial charge in [0, 0.05) is 6.20 Å². The van der Waals surface area contributed by atoms with Gasteiger partial charge in [-0.3, -0.25) is 0 Å². The van der Waals surface area contributed by atoms with E-state index >= 15 is 0 Å². The summed E-state index contributed by atoms with van der Waals surface area (Å²) in [6.07, 6.45) is 1.28. The largest absolute Gasteiger partial charge is 1.00 e. The minimum absolute atomic E-state index is 0. The van der Waals surface area contributed by atoms with E-state index in [1.165, 1.54) is 6.20 Å². The fraction of sp³-hybridized carbons (Fsp3) is 0. The molecule has 0 spiro atoms. The number of nitrogens with one attached hydrogen (secondary N) is 1. The van der Waals surface area contributed by atoms with Crippen LogP contribution >= 0.6 is 11.6 Å². The molecular weight excluding hydrogens is 217 g/mol. The number of aromatic amines is 1. The van der Waals surface area contributed by atoms with E-state index in [0.717, 1.165) is 6.07 Å². The Bertz CT molecular complexity index is 333. The van der Waals surface area contributed by atoms with Gasteiger partial charge in [0.2, 0.25) is 0 Å². The number of H-pyrrole nitrogens is 1. The molecule has 7 heteroatoms. The second kappa shape index (κ2) is 4.38. The molecule has 1 aromatic rings. The van der Waals surface area contributed by atoms with Crippen LogP contribution in [-0.4, -0.2) is 18.0 Å². The first kappa shape index (κ1) is 12.1. The minimum atomic E-state index is -4.40. The monoisotopic (exact) mass is 219 g/mol. The van der Waals surface area contributed by atoms with E-state index in [9.17, 15) is 13.0 Å². The van der Waals surface area contributed by atoms with Gasteiger partial charge in [-0.1, -0.05) is 11.6 Å². The Balaban J connectivity index is 0.000001000. The summed E-state index contributed by atoms with van der Waals surface area (Å²) in [5, 5.41) is -0.144. The summed E-state index contributed by atoms with van der Waals surface area (Å²) in [7, 11) is -4.40. The molecule has 56 valence electrons. The van der Waals surface area contributed by atoms with Gasteiger partial charge in [0.1, 0.15) is 15.3 Å². The predicted octanol–water partition coefficient (Wildman–Crippen LogP) is -2.42. The van der Waals surface area contributed by atoms with Gasteiger partial charge in [-0.2, -0.15) is 0 Å². The molecule has 11 heavy (non-hydrogen) atoms. The fourth-order valence-corrected chi connectivity index (χ4v) is 1.45. The van der Waals surface area contributed by atoms with E-state index in [-0.39, 0.29) is 56.5 Å². The Morgan fingerprint density at radius 1 is 1.55 bits per heavy atom. The van der Waals surface area contributed by atoms with Gasteiger partial charge in [0.25, 0.3) is 0 Å². The van der Waals surface area contributed by atoms with E-state index in [1.54, 1.807) is 0 Å². The van der Waals surface area contributed by atoms with Gasteiger partial charge in [-0.15, -0.1) is 0 Å². The van der Waals surface area contributed by atoms with Crippen LogP contribution in [0, 0.1) is 0 Å². The van der Waals surface area contributed by atoms with E-state index in [2.05, 4.69) is 4.98 Å². The van der Waals surface area contributed by atoms with Gasteiger partial charge in [0.05, 0.1) is 4.90 Å². The van der Waals surface area contributed by atoms with E-state index in [0.29, 0.717) is 0 Å². The van der Waals surface area contributed by atoms with Crippen molar-refractivity contribution in [2.75, 3.05) is 0 Å². The van der Waals surface area contributed by atoms with Crippen LogP contribution in [0.4, 0.5) is 0 Å². The predicted molar refractivity (Wildman–Crippen MR) is 33.8 cm³/mol. The molecule has 0 saturated heterocycles. The van der Waals surface area contributed by atoms with Crippen molar-refractivity contribution in [1.82, 2.24) is 4.98 Å². The number of hydrogen-bond acceptors (Lipinski definition) is 3. The van der Waals surface area contributed by atoms with Crippen LogP contribution in [0.15, 0.2) is 17.2 Å². The first-order chi connectivity index (χ1) is 4.52. The van der Waals surface area contributed by atoms with Crippen LogP contribution in [-0.2, 0) is 10.1 Å². The standard InChI is InChI=1S/C4H4ClNO3S.K/c5-4-3(1-2-6-4)10(7,8)9;/h1-2,6H,(H,7,8,9);/q;+1/p-1. The molecule has 0 atom stereocenters. The van der Waals surface area contributed by atoms with Crippen molar-refractivity contribution >= 4 is 21.7 Å². The third kappa shape index (κ3) is 3.15. The summed E-state index contributed by atoms with van der Waals surface area (Å²) in [4.78, 5) is 1.95. The van der Waals surface area contributed by atoms with Gasteiger partial charge in [-0.25, -0.2) is 8.42 Å². The van der Waals surface area contributed by atoms with Crippen LogP contribution < -0.4 is 51.4 Å². The van der Waals surface area contributed by atoms with Gasteiger partial charge in [-0.05, 0) is 6.07 Å². The van der Waals surface area contributed by atoms with Crippen LogP contribution in [0.2, 0.25) is 5.15 Å². The zero-order valence-corrected chi connectivity index (χ0v) is 10.4. The third-order valence-electron chi connectivity index (χ3n) is 0.930. The molecule has 4 nitrogen and oxygen atoms in total. The molecule has 0 bridgehead atoms. The second-order valence-corrected chi connectivity index (χ2v) is 3.34. The third-order valence-corrected chi connectivity index (χ3v) is 2.23. The molecule has 1 rings (SSSR count). The molecule has 0 radical (unpaired) electrons. The maximum absolute atomic E-state index is 10.3. The first-order valence-corrected chi connectivity index (χ1v) is 4.09. The summed E-state index contributed by atoms with van der Waals surface area (Å²) in [6, 6.07) is 1.12. The van der Waals surface area contributed by atoms with E-state index in [4.69, 9.17) is 11.6 Å². The average molecular weight is 220 g/mol. The minimum Gasteiger partial charge on any atom is -0.744 e.